The van der Waals surface area contributed by atoms with Gasteiger partial charge in [-0.1, -0.05) is 78.4 Å². The molecule has 0 aliphatic rings. The van der Waals surface area contributed by atoms with Crippen molar-refractivity contribution in [3.05, 3.63) is 107 Å². The Balaban J connectivity index is 1.74. The van der Waals surface area contributed by atoms with Crippen molar-refractivity contribution in [3.63, 3.8) is 0 Å². The van der Waals surface area contributed by atoms with E-state index in [1.54, 1.807) is 13.0 Å². The number of amides is 1. The van der Waals surface area contributed by atoms with Gasteiger partial charge >= 0.3 is 5.97 Å². The number of ether oxygens (including phenoxy) is 1. The molecule has 0 fully saturated rings. The number of hydrogen-bond acceptors (Lipinski definition) is 3. The third-order valence-electron chi connectivity index (χ3n) is 4.81. The molecule has 4 nitrogen and oxygen atoms in total. The van der Waals surface area contributed by atoms with Gasteiger partial charge in [0.1, 0.15) is 0 Å². The summed E-state index contributed by atoms with van der Waals surface area (Å²) in [6.45, 7) is 5.41. The number of aryl methyl sites for hydroxylation is 2. The van der Waals surface area contributed by atoms with Gasteiger partial charge in [-0.05, 0) is 43.5 Å². The van der Waals surface area contributed by atoms with Crippen LogP contribution >= 0.6 is 0 Å². The summed E-state index contributed by atoms with van der Waals surface area (Å²) in [5.41, 5.74) is 4.28. The summed E-state index contributed by atoms with van der Waals surface area (Å²) in [6, 6.07) is 24.6. The molecule has 0 spiro atoms. The topological polar surface area (TPSA) is 55.4 Å². The fraction of sp³-hybridized carbons (Fsp3) is 0.200. The zero-order chi connectivity index (χ0) is 20.8. The molecule has 1 atom stereocenters. The average Bonchev–Trinajstić information content (AvgIpc) is 2.73. The standard InChI is InChI=1S/C25H25NO3/c1-17-14-15-22(18(2)16-17)25(28)29-19(3)24(27)26-23(20-10-6-4-7-11-20)21-12-8-5-9-13-21/h4-16,19,23H,1-3H3,(H,26,27)/t19-/m1/s1. The normalized spacial score (nSPS) is 11.7. The van der Waals surface area contributed by atoms with Gasteiger partial charge in [-0.2, -0.15) is 0 Å². The number of esters is 1. The van der Waals surface area contributed by atoms with Crippen LogP contribution in [0.25, 0.3) is 0 Å². The average molecular weight is 387 g/mol. The van der Waals surface area contributed by atoms with Crippen LogP contribution in [0.4, 0.5) is 0 Å². The van der Waals surface area contributed by atoms with E-state index in [9.17, 15) is 9.59 Å². The number of rotatable bonds is 6. The van der Waals surface area contributed by atoms with E-state index in [1.807, 2.05) is 86.6 Å². The molecule has 1 N–H and O–H groups in total. The van der Waals surface area contributed by atoms with Gasteiger partial charge < -0.3 is 10.1 Å². The molecular weight excluding hydrogens is 362 g/mol. The minimum absolute atomic E-state index is 0.327. The monoisotopic (exact) mass is 387 g/mol. The fourth-order valence-electron chi connectivity index (χ4n) is 3.23. The smallest absolute Gasteiger partial charge is 0.339 e. The summed E-state index contributed by atoms with van der Waals surface area (Å²) >= 11 is 0. The van der Waals surface area contributed by atoms with E-state index in [4.69, 9.17) is 4.74 Å². The first kappa shape index (κ1) is 20.3. The molecule has 0 saturated heterocycles. The molecule has 29 heavy (non-hydrogen) atoms. The second-order valence-corrected chi connectivity index (χ2v) is 7.13. The lowest BCUT2D eigenvalue weighted by Gasteiger charge is -2.22. The Morgan fingerprint density at radius 1 is 0.828 bits per heavy atom. The molecule has 0 heterocycles. The summed E-state index contributed by atoms with van der Waals surface area (Å²) in [5.74, 6) is -0.845. The molecule has 148 valence electrons. The van der Waals surface area contributed by atoms with E-state index >= 15 is 0 Å². The van der Waals surface area contributed by atoms with E-state index in [2.05, 4.69) is 5.32 Å². The Labute approximate surface area is 171 Å². The Bertz CT molecular complexity index is 944. The molecule has 0 aliphatic heterocycles. The number of carbonyl (C=O) groups excluding carboxylic acids is 2. The highest BCUT2D eigenvalue weighted by Crippen LogP contribution is 2.22. The Hall–Kier alpha value is -3.40. The van der Waals surface area contributed by atoms with Gasteiger partial charge in [-0.3, -0.25) is 4.79 Å². The zero-order valence-corrected chi connectivity index (χ0v) is 16.9. The zero-order valence-electron chi connectivity index (χ0n) is 16.9. The maximum atomic E-state index is 12.8. The van der Waals surface area contributed by atoms with Crippen LogP contribution in [0, 0.1) is 13.8 Å². The second-order valence-electron chi connectivity index (χ2n) is 7.13. The van der Waals surface area contributed by atoms with Gasteiger partial charge in [0.2, 0.25) is 0 Å². The molecule has 3 rings (SSSR count). The van der Waals surface area contributed by atoms with Crippen molar-refractivity contribution in [2.75, 3.05) is 0 Å². The number of hydrogen-bond donors (Lipinski definition) is 1. The lowest BCUT2D eigenvalue weighted by atomic mass is 9.98. The van der Waals surface area contributed by atoms with Crippen molar-refractivity contribution in [1.29, 1.82) is 0 Å². The molecular formula is C25H25NO3. The largest absolute Gasteiger partial charge is 0.449 e. The number of nitrogens with one attached hydrogen (secondary N) is 1. The molecule has 1 amide bonds. The van der Waals surface area contributed by atoms with Crippen LogP contribution in [0.2, 0.25) is 0 Å². The van der Waals surface area contributed by atoms with Crippen molar-refractivity contribution < 1.29 is 14.3 Å². The Morgan fingerprint density at radius 3 is 1.90 bits per heavy atom. The Morgan fingerprint density at radius 2 is 1.38 bits per heavy atom. The van der Waals surface area contributed by atoms with E-state index in [1.165, 1.54) is 0 Å². The highest BCUT2D eigenvalue weighted by atomic mass is 16.5. The van der Waals surface area contributed by atoms with Crippen LogP contribution in [0.15, 0.2) is 78.9 Å². The summed E-state index contributed by atoms with van der Waals surface area (Å²) in [7, 11) is 0. The van der Waals surface area contributed by atoms with E-state index in [-0.39, 0.29) is 11.9 Å². The predicted octanol–water partition coefficient (Wildman–Crippen LogP) is 4.75. The maximum absolute atomic E-state index is 12.8. The molecule has 0 unspecified atom stereocenters. The summed E-state index contributed by atoms with van der Waals surface area (Å²) in [5, 5.41) is 3.01. The molecule has 0 radical (unpaired) electrons. The fourth-order valence-corrected chi connectivity index (χ4v) is 3.23. The molecule has 4 heteroatoms. The first-order valence-electron chi connectivity index (χ1n) is 9.64. The number of benzene rings is 3. The van der Waals surface area contributed by atoms with E-state index in [0.29, 0.717) is 5.56 Å². The predicted molar refractivity (Wildman–Crippen MR) is 114 cm³/mol. The van der Waals surface area contributed by atoms with Gasteiger partial charge in [0, 0.05) is 0 Å². The summed E-state index contributed by atoms with van der Waals surface area (Å²) < 4.78 is 5.44. The lowest BCUT2D eigenvalue weighted by molar-refractivity contribution is -0.129. The van der Waals surface area contributed by atoms with Gasteiger partial charge in [-0.25, -0.2) is 4.79 Å². The van der Waals surface area contributed by atoms with Crippen molar-refractivity contribution in [3.8, 4) is 0 Å². The second kappa shape index (κ2) is 9.20. The van der Waals surface area contributed by atoms with Crippen molar-refractivity contribution in [1.82, 2.24) is 5.32 Å². The first-order chi connectivity index (χ1) is 14.0. The first-order valence-corrected chi connectivity index (χ1v) is 9.64. The minimum atomic E-state index is -0.918. The molecule has 0 bridgehead atoms. The quantitative estimate of drug-likeness (QED) is 0.621. The van der Waals surface area contributed by atoms with Gasteiger partial charge in [0.05, 0.1) is 11.6 Å². The van der Waals surface area contributed by atoms with Gasteiger partial charge in [0.25, 0.3) is 5.91 Å². The molecule has 0 aliphatic carbocycles. The third-order valence-corrected chi connectivity index (χ3v) is 4.81. The van der Waals surface area contributed by atoms with Crippen LogP contribution in [0.3, 0.4) is 0 Å². The molecule has 0 aromatic heterocycles. The third kappa shape index (κ3) is 5.11. The minimum Gasteiger partial charge on any atom is -0.449 e. The summed E-state index contributed by atoms with van der Waals surface area (Å²) in [6.07, 6.45) is -0.918. The van der Waals surface area contributed by atoms with Gasteiger partial charge in [0.15, 0.2) is 6.10 Å². The molecule has 0 saturated carbocycles. The maximum Gasteiger partial charge on any atom is 0.339 e. The van der Waals surface area contributed by atoms with E-state index in [0.717, 1.165) is 22.3 Å². The summed E-state index contributed by atoms with van der Waals surface area (Å²) in [4.78, 5) is 25.3. The lowest BCUT2D eigenvalue weighted by Crippen LogP contribution is -2.38. The van der Waals surface area contributed by atoms with Crippen molar-refractivity contribution >= 4 is 11.9 Å². The van der Waals surface area contributed by atoms with E-state index < -0.39 is 12.1 Å². The SMILES string of the molecule is Cc1ccc(C(=O)O[C@H](C)C(=O)NC(c2ccccc2)c2ccccc2)c(C)c1. The van der Waals surface area contributed by atoms with Crippen LogP contribution in [0.1, 0.15) is 45.6 Å². The van der Waals surface area contributed by atoms with Crippen LogP contribution in [-0.4, -0.2) is 18.0 Å². The highest BCUT2D eigenvalue weighted by molar-refractivity contribution is 5.93. The van der Waals surface area contributed by atoms with Crippen LogP contribution < -0.4 is 5.32 Å². The van der Waals surface area contributed by atoms with Crippen molar-refractivity contribution in [2.45, 2.75) is 32.9 Å². The molecule has 3 aromatic rings. The van der Waals surface area contributed by atoms with Crippen molar-refractivity contribution in [2.24, 2.45) is 0 Å². The van der Waals surface area contributed by atoms with Gasteiger partial charge in [-0.15, -0.1) is 0 Å². The highest BCUT2D eigenvalue weighted by Gasteiger charge is 2.24. The number of carbonyl (C=O) groups is 2. The molecule has 3 aromatic carbocycles. The van der Waals surface area contributed by atoms with Crippen LogP contribution in [-0.2, 0) is 9.53 Å². The van der Waals surface area contributed by atoms with Crippen LogP contribution in [0.5, 0.6) is 0 Å². The Kier molecular flexibility index (Phi) is 6.45.